The van der Waals surface area contributed by atoms with Gasteiger partial charge in [-0.15, -0.1) is 0 Å². The van der Waals surface area contributed by atoms with Gasteiger partial charge in [-0.05, 0) is 101 Å². The first-order valence-corrected chi connectivity index (χ1v) is 21.5. The zero-order valence-electron chi connectivity index (χ0n) is 32.8. The van der Waals surface area contributed by atoms with Crippen LogP contribution in [0.15, 0.2) is 18.2 Å². The highest BCUT2D eigenvalue weighted by Crippen LogP contribution is 2.61. The smallest absolute Gasteiger partial charge is 0.240 e. The highest BCUT2D eigenvalue weighted by atomic mass is 32.2. The van der Waals surface area contributed by atoms with Crippen molar-refractivity contribution >= 4 is 21.8 Å². The summed E-state index contributed by atoms with van der Waals surface area (Å²) in [4.78, 5) is 36.3. The molecule has 1 aromatic rings. The minimum Gasteiger partial charge on any atom is -0.496 e. The number of carbonyl (C=O) groups excluding carboxylic acids is 2. The van der Waals surface area contributed by atoms with Crippen LogP contribution < -0.4 is 14.8 Å². The van der Waals surface area contributed by atoms with Gasteiger partial charge < -0.3 is 25.2 Å². The van der Waals surface area contributed by atoms with Crippen LogP contribution in [0.2, 0.25) is 0 Å². The molecule has 6 aliphatic rings. The van der Waals surface area contributed by atoms with Gasteiger partial charge in [-0.3, -0.25) is 19.1 Å². The van der Waals surface area contributed by atoms with E-state index in [-0.39, 0.29) is 42.5 Å². The number of hydrogen-bond acceptors (Lipinski definition) is 10. The quantitative estimate of drug-likeness (QED) is 0.246. The van der Waals surface area contributed by atoms with Gasteiger partial charge in [0, 0.05) is 29.5 Å². The second-order valence-electron chi connectivity index (χ2n) is 17.8. The van der Waals surface area contributed by atoms with E-state index >= 15 is 0 Å². The summed E-state index contributed by atoms with van der Waals surface area (Å²) in [5.74, 6) is 0.158. The van der Waals surface area contributed by atoms with E-state index in [0.717, 1.165) is 43.2 Å². The Bertz CT molecular complexity index is 1580. The summed E-state index contributed by atoms with van der Waals surface area (Å²) in [6, 6.07) is 5.09. The van der Waals surface area contributed by atoms with E-state index in [1.807, 2.05) is 32.3 Å². The third-order valence-corrected chi connectivity index (χ3v) is 16.0. The lowest BCUT2D eigenvalue weighted by molar-refractivity contribution is -0.183. The number of aliphatic hydroxyl groups is 2. The molecule has 12 nitrogen and oxygen atoms in total. The number of benzene rings is 1. The topological polar surface area (TPSA) is 158 Å². The van der Waals surface area contributed by atoms with E-state index in [2.05, 4.69) is 35.7 Å². The maximum absolute atomic E-state index is 14.2. The lowest BCUT2D eigenvalue weighted by atomic mass is 9.45. The molecule has 1 saturated heterocycles. The minimum atomic E-state index is -3.76. The Morgan fingerprint density at radius 2 is 1.79 bits per heavy atom. The summed E-state index contributed by atoms with van der Waals surface area (Å²) in [6.45, 7) is 8.34. The number of carbonyl (C=O) groups is 2. The first-order chi connectivity index (χ1) is 25.1. The van der Waals surface area contributed by atoms with Crippen LogP contribution in [0.25, 0.3) is 0 Å². The maximum Gasteiger partial charge on any atom is 0.240 e. The van der Waals surface area contributed by atoms with Crippen molar-refractivity contribution in [2.24, 2.45) is 35.0 Å². The van der Waals surface area contributed by atoms with E-state index in [9.17, 15) is 28.2 Å². The van der Waals surface area contributed by atoms with Crippen LogP contribution in [0.4, 0.5) is 0 Å². The second-order valence-corrected chi connectivity index (χ2v) is 19.7. The first kappa shape index (κ1) is 40.4. The summed E-state index contributed by atoms with van der Waals surface area (Å²) < 4.78 is 35.0. The van der Waals surface area contributed by atoms with Crippen LogP contribution >= 0.6 is 0 Å². The first-order valence-electron chi connectivity index (χ1n) is 20.0. The van der Waals surface area contributed by atoms with Crippen molar-refractivity contribution in [3.05, 3.63) is 29.3 Å². The van der Waals surface area contributed by atoms with Gasteiger partial charge in [0.2, 0.25) is 21.8 Å². The monoisotopic (exact) mass is 760 g/mol. The molecule has 11 atom stereocenters. The van der Waals surface area contributed by atoms with Crippen molar-refractivity contribution < 1.29 is 37.8 Å². The Hall–Kier alpha value is -2.29. The average molecular weight is 761 g/mol. The van der Waals surface area contributed by atoms with Crippen molar-refractivity contribution in [3.8, 4) is 5.75 Å². The number of methoxy groups -OCH3 is 1. The largest absolute Gasteiger partial charge is 0.496 e. The molecule has 1 heterocycles. The number of sulfonamides is 1. The zero-order chi connectivity index (χ0) is 38.4. The molecule has 2 amide bonds. The predicted molar refractivity (Wildman–Crippen MR) is 202 cm³/mol. The lowest BCUT2D eigenvalue weighted by Gasteiger charge is -2.62. The average Bonchev–Trinajstić information content (AvgIpc) is 3.50. The van der Waals surface area contributed by atoms with Crippen LogP contribution in [-0.4, -0.2) is 104 Å². The lowest BCUT2D eigenvalue weighted by Crippen LogP contribution is -2.62. The number of nitrogens with one attached hydrogen (secondary N) is 2. The minimum absolute atomic E-state index is 0.0283. The summed E-state index contributed by atoms with van der Waals surface area (Å²) in [7, 11) is 1.82. The van der Waals surface area contributed by atoms with Crippen molar-refractivity contribution in [3.63, 3.8) is 0 Å². The standard InChI is InChI=1S/C40H64N4O8S/c1-23-32-19-28(40(32,3)4)20-33(23)41-39(48)36-35(24(2)46)34(22-45)52-44(36)21-25-12-11-15-31(37(25)51-7)26-16-27(18-29(17-26)43(5)6)38(47)42-53(49,50)30-13-9-8-10-14-30/h11-12,15,23-24,26-30,32-36,45-46H,8-10,13-14,16-22H2,1-7H3,(H,41,48)(H,42,47)/t23-,24-,26?,27?,28+,29?,32-,33?,34-,35+,36-/m0/s1. The van der Waals surface area contributed by atoms with Crippen LogP contribution in [0.1, 0.15) is 109 Å². The molecule has 2 bridgehead atoms. The van der Waals surface area contributed by atoms with E-state index in [4.69, 9.17) is 9.57 Å². The Labute approximate surface area is 316 Å². The molecule has 5 aliphatic carbocycles. The van der Waals surface area contributed by atoms with Crippen molar-refractivity contribution in [1.82, 2.24) is 20.0 Å². The molecule has 7 rings (SSSR count). The third kappa shape index (κ3) is 8.03. The number of aliphatic hydroxyl groups excluding tert-OH is 2. The Morgan fingerprint density at radius 3 is 2.40 bits per heavy atom. The summed E-state index contributed by atoms with van der Waals surface area (Å²) in [5.41, 5.74) is 1.96. The molecule has 4 N–H and O–H groups in total. The molecule has 1 aliphatic heterocycles. The van der Waals surface area contributed by atoms with Gasteiger partial charge >= 0.3 is 0 Å². The van der Waals surface area contributed by atoms with E-state index in [1.165, 1.54) is 6.42 Å². The third-order valence-electron chi connectivity index (χ3n) is 14.2. The fourth-order valence-corrected chi connectivity index (χ4v) is 12.4. The Morgan fingerprint density at radius 1 is 1.08 bits per heavy atom. The molecule has 6 fully saturated rings. The highest BCUT2D eigenvalue weighted by molar-refractivity contribution is 7.90. The molecule has 0 spiro atoms. The SMILES string of the molecule is COc1c(CN2O[C@@H](CO)[C@@H]([C@H](C)O)[C@H]2C(=O)NC2C[C@H]3C[C@@H]([C@@H]2C)C3(C)C)cccc1C1CC(C(=O)NS(=O)(=O)C2CCCCC2)CC(N(C)C)C1. The molecule has 5 saturated carbocycles. The van der Waals surface area contributed by atoms with E-state index in [1.54, 1.807) is 19.1 Å². The summed E-state index contributed by atoms with van der Waals surface area (Å²) in [5, 5.41) is 25.7. The molecular weight excluding hydrogens is 697 g/mol. The maximum atomic E-state index is 14.2. The summed E-state index contributed by atoms with van der Waals surface area (Å²) >= 11 is 0. The van der Waals surface area contributed by atoms with Gasteiger partial charge in [0.1, 0.15) is 17.9 Å². The molecule has 13 heteroatoms. The van der Waals surface area contributed by atoms with Crippen LogP contribution in [0.5, 0.6) is 5.75 Å². The number of para-hydroxylation sites is 1. The summed E-state index contributed by atoms with van der Waals surface area (Å²) in [6.07, 6.45) is 6.12. The fourth-order valence-electron chi connectivity index (χ4n) is 10.8. The number of fused-ring (bicyclic) bond motifs is 2. The molecule has 0 aromatic heterocycles. The molecule has 4 unspecified atom stereocenters. The van der Waals surface area contributed by atoms with E-state index < -0.39 is 51.3 Å². The fraction of sp³-hybridized carbons (Fsp3) is 0.800. The molecule has 53 heavy (non-hydrogen) atoms. The number of hydrogen-bond donors (Lipinski definition) is 4. The van der Waals surface area contributed by atoms with Crippen LogP contribution in [0.3, 0.4) is 0 Å². The number of amides is 2. The van der Waals surface area contributed by atoms with E-state index in [0.29, 0.717) is 49.2 Å². The normalized spacial score (nSPS) is 35.4. The molecule has 1 aromatic carbocycles. The van der Waals surface area contributed by atoms with Gasteiger partial charge in [-0.25, -0.2) is 8.42 Å². The highest BCUT2D eigenvalue weighted by Gasteiger charge is 2.57. The van der Waals surface area contributed by atoms with Gasteiger partial charge in [0.25, 0.3) is 0 Å². The molecule has 298 valence electrons. The number of nitrogens with zero attached hydrogens (tertiary/aromatic N) is 2. The molecular formula is C40H64N4O8S. The Kier molecular flexibility index (Phi) is 12.2. The number of hydroxylamine groups is 2. The Balaban J connectivity index is 1.23. The zero-order valence-corrected chi connectivity index (χ0v) is 33.6. The number of rotatable bonds is 12. The predicted octanol–water partition coefficient (Wildman–Crippen LogP) is 3.95. The van der Waals surface area contributed by atoms with Crippen LogP contribution in [0, 0.1) is 35.0 Å². The number of ether oxygens (including phenoxy) is 1. The van der Waals surface area contributed by atoms with Gasteiger partial charge in [-0.1, -0.05) is 58.2 Å². The van der Waals surface area contributed by atoms with Gasteiger partial charge in [0.15, 0.2) is 0 Å². The second kappa shape index (κ2) is 16.1. The van der Waals surface area contributed by atoms with Crippen molar-refractivity contribution in [2.45, 2.75) is 140 Å². The van der Waals surface area contributed by atoms with Crippen molar-refractivity contribution in [2.75, 3.05) is 27.8 Å². The van der Waals surface area contributed by atoms with Crippen molar-refractivity contribution in [1.29, 1.82) is 0 Å². The van der Waals surface area contributed by atoms with Gasteiger partial charge in [0.05, 0.1) is 31.6 Å². The van der Waals surface area contributed by atoms with Gasteiger partial charge in [-0.2, -0.15) is 5.06 Å². The molecule has 0 radical (unpaired) electrons. The van der Waals surface area contributed by atoms with Crippen LogP contribution in [-0.2, 0) is 31.0 Å².